The van der Waals surface area contributed by atoms with Gasteiger partial charge in [-0.05, 0) is 167 Å². The molecule has 12 nitrogen and oxygen atoms in total. The molecular weight excluding hydrogens is 1680 g/mol. The summed E-state index contributed by atoms with van der Waals surface area (Å²) in [5.41, 5.74) is 30.9. The van der Waals surface area contributed by atoms with Gasteiger partial charge in [-0.2, -0.15) is 0 Å². The Bertz CT molecular complexity index is 9680. The summed E-state index contributed by atoms with van der Waals surface area (Å²) < 4.78 is 14.6. The Labute approximate surface area is 791 Å². The molecule has 0 saturated carbocycles. The van der Waals surface area contributed by atoms with Gasteiger partial charge in [0.1, 0.15) is 0 Å². The van der Waals surface area contributed by atoms with Crippen LogP contribution in [0.2, 0.25) is 0 Å². The van der Waals surface area contributed by atoms with E-state index in [4.69, 9.17) is 29.9 Å². The second kappa shape index (κ2) is 31.5. The number of rotatable bonds is 15. The summed E-state index contributed by atoms with van der Waals surface area (Å²) in [6.45, 7) is 0. The maximum Gasteiger partial charge on any atom is 0.166 e. The third-order valence-corrected chi connectivity index (χ3v) is 27.9. The summed E-state index contributed by atoms with van der Waals surface area (Å²) in [6.07, 6.45) is 0. The molecule has 8 heterocycles. The summed E-state index contributed by atoms with van der Waals surface area (Å²) in [7, 11) is 0. The molecule has 0 N–H and O–H groups in total. The molecule has 0 saturated heterocycles. The van der Waals surface area contributed by atoms with Crippen molar-refractivity contribution in [2.24, 2.45) is 0 Å². The molecule has 0 amide bonds. The lowest BCUT2D eigenvalue weighted by Crippen LogP contribution is -2.08. The zero-order valence-corrected chi connectivity index (χ0v) is 74.4. The Balaban J connectivity index is 0.568. The Morgan fingerprint density at radius 3 is 0.884 bits per heavy atom. The van der Waals surface area contributed by atoms with Crippen LogP contribution in [0, 0.1) is 0 Å². The topological polar surface area (TPSA) is 107 Å². The molecular formula is C126H78N12. The highest BCUT2D eigenvalue weighted by Crippen LogP contribution is 2.50. The van der Waals surface area contributed by atoms with Crippen molar-refractivity contribution in [1.82, 2.24) is 57.3 Å². The molecule has 0 fully saturated rings. The normalized spacial score (nSPS) is 11.9. The van der Waals surface area contributed by atoms with E-state index in [-0.39, 0.29) is 0 Å². The Morgan fingerprint density at radius 1 is 0.130 bits per heavy atom. The minimum absolute atomic E-state index is 0.538. The maximum atomic E-state index is 5.72. The van der Waals surface area contributed by atoms with Gasteiger partial charge in [0.2, 0.25) is 0 Å². The summed E-state index contributed by atoms with van der Waals surface area (Å²) in [5.74, 6) is 3.40. The van der Waals surface area contributed by atoms with E-state index < -0.39 is 0 Å². The van der Waals surface area contributed by atoms with Gasteiger partial charge < -0.3 is 27.4 Å². The average Bonchev–Trinajstić information content (AvgIpc) is 1.55. The third kappa shape index (κ3) is 12.3. The van der Waals surface area contributed by atoms with E-state index in [0.29, 0.717) is 34.9 Å². The second-order valence-corrected chi connectivity index (χ2v) is 35.5. The fourth-order valence-corrected chi connectivity index (χ4v) is 21.9. The van der Waals surface area contributed by atoms with Crippen LogP contribution in [0.5, 0.6) is 0 Å². The SMILES string of the molecule is c1ccc(-c2nc(-c3cccc(-c4ccc(-n5c6ccccc6c6cc(-c7cccc8c7c7ccccc7n8-c7cccc(-c8nc(-c9ccccc9)nc(-c9ccccc9)n8)c7-n7c8ccccc8c8ccccc87)ccc65)cc4)c3)nc(-c3cccc(-n4c5ccccc5c5ccc(-c6cccc7c6c6ccccc6n7-c6ccccc6)cc54)c3-n3c4ccccc4c4ccccc43)n2)cc1. The highest BCUT2D eigenvalue weighted by Gasteiger charge is 2.31. The van der Waals surface area contributed by atoms with Crippen molar-refractivity contribution in [3.8, 4) is 136 Å². The van der Waals surface area contributed by atoms with Gasteiger partial charge in [0, 0.05) is 109 Å². The van der Waals surface area contributed by atoms with E-state index in [2.05, 4.69) is 458 Å². The zero-order chi connectivity index (χ0) is 90.6. The lowest BCUT2D eigenvalue weighted by atomic mass is 9.98. The van der Waals surface area contributed by atoms with Crippen molar-refractivity contribution in [2.75, 3.05) is 0 Å². The molecule has 8 aromatic heterocycles. The average molecular weight is 1760 g/mol. The van der Waals surface area contributed by atoms with Gasteiger partial charge in [0.05, 0.1) is 88.9 Å². The minimum Gasteiger partial charge on any atom is -0.309 e. The van der Waals surface area contributed by atoms with Crippen molar-refractivity contribution in [1.29, 1.82) is 0 Å². The standard InChI is InChI=1S/C126H78N12/c1-5-34-80(35-6-1)121-127-122(81-36-7-2-8-37-81)130-125(129-121)100-54-32-66-114(119(100)137-105-58-23-14-44-91(105)92-45-15-24-59-106(92)137)135-110-63-28-20-51-99(110)118-89(52-31-65-113(118)135)84-71-75-111-102(77-84)96-49-18-21-56-103(96)133(111)88-72-68-79(69-73-88)83-40-29-41-86(76-83)124-128-123(82-38-9-3-10-39-82)131-126(132-124)101-55-33-67-115(120(101)138-107-60-25-16-46-93(107)94-47-17-26-61-108(94)138)136-104-57-22-13-48-95(104)97-74-70-85(78-116(97)136)90-53-30-64-112-117(90)98-50-19-27-62-109(98)134(112)87-42-11-4-12-43-87/h1-78H. The van der Waals surface area contributed by atoms with Crippen LogP contribution < -0.4 is 0 Å². The van der Waals surface area contributed by atoms with Gasteiger partial charge in [0.15, 0.2) is 34.9 Å². The first-order chi connectivity index (χ1) is 68.5. The fraction of sp³-hybridized carbons (Fsp3) is 0. The van der Waals surface area contributed by atoms with Crippen LogP contribution in [0.3, 0.4) is 0 Å². The number of aromatic nitrogens is 12. The van der Waals surface area contributed by atoms with Crippen LogP contribution in [0.25, 0.3) is 267 Å². The Kier molecular flexibility index (Phi) is 17.8. The van der Waals surface area contributed by atoms with E-state index in [1.165, 1.54) is 10.8 Å². The summed E-state index contributed by atoms with van der Waals surface area (Å²) in [5, 5.41) is 13.9. The monoisotopic (exact) mass is 1760 g/mol. The van der Waals surface area contributed by atoms with Crippen LogP contribution in [0.15, 0.2) is 473 Å². The van der Waals surface area contributed by atoms with Gasteiger partial charge >= 0.3 is 0 Å². The molecule has 0 atom stereocenters. The van der Waals surface area contributed by atoms with Crippen LogP contribution in [-0.4, -0.2) is 57.3 Å². The van der Waals surface area contributed by atoms with Gasteiger partial charge in [-0.1, -0.05) is 340 Å². The number of nitrogens with zero attached hydrogens (tertiary/aromatic N) is 12. The summed E-state index contributed by atoms with van der Waals surface area (Å²) in [6, 6.07) is 170. The third-order valence-electron chi connectivity index (χ3n) is 27.9. The molecule has 138 heavy (non-hydrogen) atoms. The second-order valence-electron chi connectivity index (χ2n) is 35.5. The molecule has 28 rings (SSSR count). The Hall–Kier alpha value is -18.8. The lowest BCUT2D eigenvalue weighted by Gasteiger charge is -2.20. The zero-order valence-electron chi connectivity index (χ0n) is 74.4. The van der Waals surface area contributed by atoms with Crippen molar-refractivity contribution < 1.29 is 0 Å². The van der Waals surface area contributed by atoms with E-state index in [1.54, 1.807) is 0 Å². The largest absolute Gasteiger partial charge is 0.309 e. The molecule has 12 heteroatoms. The van der Waals surface area contributed by atoms with E-state index in [9.17, 15) is 0 Å². The molecule has 0 spiro atoms. The molecule has 0 radical (unpaired) electrons. The van der Waals surface area contributed by atoms with E-state index >= 15 is 0 Å². The van der Waals surface area contributed by atoms with E-state index in [1.807, 2.05) is 42.5 Å². The first-order valence-electron chi connectivity index (χ1n) is 46.8. The van der Waals surface area contributed by atoms with Crippen molar-refractivity contribution >= 4 is 131 Å². The van der Waals surface area contributed by atoms with Crippen LogP contribution in [0.1, 0.15) is 0 Å². The smallest absolute Gasteiger partial charge is 0.166 e. The quantitative estimate of drug-likeness (QED) is 0.101. The maximum absolute atomic E-state index is 5.72. The fourth-order valence-electron chi connectivity index (χ4n) is 21.9. The first-order valence-corrected chi connectivity index (χ1v) is 46.8. The minimum atomic E-state index is 0.538. The molecule has 0 bridgehead atoms. The molecule has 0 aliphatic heterocycles. The predicted octanol–water partition coefficient (Wildman–Crippen LogP) is 31.6. The Morgan fingerprint density at radius 2 is 0.413 bits per heavy atom. The molecule has 0 aliphatic carbocycles. The van der Waals surface area contributed by atoms with E-state index in [0.717, 1.165) is 221 Å². The van der Waals surface area contributed by atoms with Crippen molar-refractivity contribution in [3.05, 3.63) is 473 Å². The first kappa shape index (κ1) is 77.9. The molecule has 20 aromatic carbocycles. The summed E-state index contributed by atoms with van der Waals surface area (Å²) >= 11 is 0. The molecule has 642 valence electrons. The highest BCUT2D eigenvalue weighted by atomic mass is 15.1. The molecule has 0 unspecified atom stereocenters. The summed E-state index contributed by atoms with van der Waals surface area (Å²) in [4.78, 5) is 32.9. The number of hydrogen-bond acceptors (Lipinski definition) is 6. The van der Waals surface area contributed by atoms with Gasteiger partial charge in [-0.25, -0.2) is 29.9 Å². The van der Waals surface area contributed by atoms with Gasteiger partial charge in [0.25, 0.3) is 0 Å². The van der Waals surface area contributed by atoms with Gasteiger partial charge in [-0.15, -0.1) is 0 Å². The number of fused-ring (bicyclic) bond motifs is 18. The highest BCUT2D eigenvalue weighted by molar-refractivity contribution is 6.21. The van der Waals surface area contributed by atoms with Crippen LogP contribution in [0.4, 0.5) is 0 Å². The lowest BCUT2D eigenvalue weighted by molar-refractivity contribution is 1.05. The predicted molar refractivity (Wildman–Crippen MR) is 568 cm³/mol. The van der Waals surface area contributed by atoms with Crippen molar-refractivity contribution in [2.45, 2.75) is 0 Å². The van der Waals surface area contributed by atoms with Crippen molar-refractivity contribution in [3.63, 3.8) is 0 Å². The number of para-hydroxylation sites is 11. The van der Waals surface area contributed by atoms with Crippen LogP contribution in [-0.2, 0) is 0 Å². The van der Waals surface area contributed by atoms with Crippen LogP contribution >= 0.6 is 0 Å². The molecule has 0 aliphatic rings. The molecule has 28 aromatic rings. The number of hydrogen-bond donors (Lipinski definition) is 0. The van der Waals surface area contributed by atoms with Gasteiger partial charge in [-0.3, -0.25) is 0 Å². The number of benzene rings is 20.